The van der Waals surface area contributed by atoms with Crippen molar-refractivity contribution in [1.82, 2.24) is 20.4 Å². The Hall–Kier alpha value is -0.690. The van der Waals surface area contributed by atoms with Crippen LogP contribution in [-0.2, 0) is 4.79 Å². The van der Waals surface area contributed by atoms with Crippen molar-refractivity contribution in [3.05, 3.63) is 0 Å². The molecule has 1 rings (SSSR count). The van der Waals surface area contributed by atoms with Gasteiger partial charge in [-0.3, -0.25) is 9.69 Å². The highest BCUT2D eigenvalue weighted by Gasteiger charge is 2.12. The van der Waals surface area contributed by atoms with E-state index in [1.807, 2.05) is 0 Å². The number of unbranched alkanes of at least 4 members (excludes halogenated alkanes) is 3. The molecule has 1 fully saturated rings. The summed E-state index contributed by atoms with van der Waals surface area (Å²) < 4.78 is 0. The summed E-state index contributed by atoms with van der Waals surface area (Å²) in [5, 5.41) is 17.0. The number of β-amino-alcohol motifs (C(OH)–C–C–N with tert-alkyl or cyclic N) is 1. The highest BCUT2D eigenvalue weighted by atomic mass is 16.3. The molecule has 0 aromatic rings. The highest BCUT2D eigenvalue weighted by molar-refractivity contribution is 5.46. The van der Waals surface area contributed by atoms with Crippen LogP contribution in [0.1, 0.15) is 39.0 Å². The number of nitrogens with zero attached hydrogens (tertiary/aromatic N) is 2. The van der Waals surface area contributed by atoms with E-state index < -0.39 is 0 Å². The minimum Gasteiger partial charge on any atom is -0.392 e. The van der Waals surface area contributed by atoms with E-state index in [1.165, 1.54) is 19.3 Å². The number of rotatable bonds is 8. The molecule has 1 aliphatic rings. The molecule has 0 spiro atoms. The molecule has 1 heterocycles. The lowest BCUT2D eigenvalue weighted by molar-refractivity contribution is -0.118. The van der Waals surface area contributed by atoms with Crippen LogP contribution in [-0.4, -0.2) is 86.3 Å². The third kappa shape index (κ3) is 10.7. The molecular formula is C17H36N4O2. The minimum absolute atomic E-state index is 0.217. The van der Waals surface area contributed by atoms with Crippen LogP contribution in [0.2, 0.25) is 0 Å². The van der Waals surface area contributed by atoms with Gasteiger partial charge in [0.25, 0.3) is 0 Å². The van der Waals surface area contributed by atoms with Gasteiger partial charge in [0.15, 0.2) is 0 Å². The number of hydrogen-bond acceptors (Lipinski definition) is 5. The van der Waals surface area contributed by atoms with Crippen LogP contribution in [0.3, 0.4) is 0 Å². The number of nitrogens with one attached hydrogen (secondary N) is 2. The SMILES string of the molecule is CCCCCCC(O)CN1CCNCCN(C=O)CCNCC1. The van der Waals surface area contributed by atoms with E-state index in [1.54, 1.807) is 4.90 Å². The molecule has 1 amide bonds. The van der Waals surface area contributed by atoms with Gasteiger partial charge in [0.1, 0.15) is 0 Å². The fraction of sp³-hybridized carbons (Fsp3) is 0.941. The van der Waals surface area contributed by atoms with Crippen molar-refractivity contribution in [2.24, 2.45) is 0 Å². The molecule has 6 nitrogen and oxygen atoms in total. The van der Waals surface area contributed by atoms with E-state index in [2.05, 4.69) is 22.5 Å². The van der Waals surface area contributed by atoms with E-state index >= 15 is 0 Å². The van der Waals surface area contributed by atoms with Crippen LogP contribution in [0.25, 0.3) is 0 Å². The minimum atomic E-state index is -0.217. The average molecular weight is 329 g/mol. The molecule has 6 heteroatoms. The Bertz CT molecular complexity index is 278. The molecule has 0 aliphatic carbocycles. The topological polar surface area (TPSA) is 67.8 Å². The zero-order valence-corrected chi connectivity index (χ0v) is 14.8. The smallest absolute Gasteiger partial charge is 0.209 e. The molecule has 0 bridgehead atoms. The Balaban J connectivity index is 2.26. The predicted molar refractivity (Wildman–Crippen MR) is 94.6 cm³/mol. The third-order valence-electron chi connectivity index (χ3n) is 4.37. The Labute approximate surface area is 141 Å². The summed E-state index contributed by atoms with van der Waals surface area (Å²) in [6.07, 6.45) is 6.47. The molecule has 0 saturated carbocycles. The molecule has 0 aromatic heterocycles. The molecule has 0 aromatic carbocycles. The van der Waals surface area contributed by atoms with Gasteiger partial charge < -0.3 is 20.6 Å². The van der Waals surface area contributed by atoms with Crippen molar-refractivity contribution in [3.63, 3.8) is 0 Å². The molecule has 1 aliphatic heterocycles. The van der Waals surface area contributed by atoms with Crippen LogP contribution in [0.4, 0.5) is 0 Å². The average Bonchev–Trinajstić information content (AvgIpc) is 2.54. The van der Waals surface area contributed by atoms with Crippen molar-refractivity contribution in [2.45, 2.75) is 45.1 Å². The Morgan fingerprint density at radius 2 is 1.61 bits per heavy atom. The number of amides is 1. The van der Waals surface area contributed by atoms with Gasteiger partial charge in [0.05, 0.1) is 6.10 Å². The maximum atomic E-state index is 10.9. The van der Waals surface area contributed by atoms with Gasteiger partial charge >= 0.3 is 0 Å². The molecule has 3 N–H and O–H groups in total. The Morgan fingerprint density at radius 1 is 1.00 bits per heavy atom. The van der Waals surface area contributed by atoms with Crippen LogP contribution in [0.5, 0.6) is 0 Å². The van der Waals surface area contributed by atoms with Gasteiger partial charge in [-0.1, -0.05) is 32.6 Å². The maximum absolute atomic E-state index is 10.9. The van der Waals surface area contributed by atoms with E-state index in [0.717, 1.165) is 78.2 Å². The summed E-state index contributed by atoms with van der Waals surface area (Å²) in [5.74, 6) is 0. The second kappa shape index (κ2) is 13.7. The van der Waals surface area contributed by atoms with Gasteiger partial charge in [-0.2, -0.15) is 0 Å². The van der Waals surface area contributed by atoms with E-state index in [-0.39, 0.29) is 6.10 Å². The maximum Gasteiger partial charge on any atom is 0.209 e. The van der Waals surface area contributed by atoms with Gasteiger partial charge in [-0.25, -0.2) is 0 Å². The molecule has 1 atom stereocenters. The zero-order chi connectivity index (χ0) is 16.8. The van der Waals surface area contributed by atoms with Gasteiger partial charge in [-0.05, 0) is 6.42 Å². The first-order valence-electron chi connectivity index (χ1n) is 9.27. The zero-order valence-electron chi connectivity index (χ0n) is 14.8. The van der Waals surface area contributed by atoms with Crippen LogP contribution in [0, 0.1) is 0 Å². The van der Waals surface area contributed by atoms with Crippen LogP contribution >= 0.6 is 0 Å². The Kier molecular flexibility index (Phi) is 12.1. The van der Waals surface area contributed by atoms with Gasteiger partial charge in [0, 0.05) is 58.9 Å². The quantitative estimate of drug-likeness (QED) is 0.441. The molecule has 136 valence electrons. The second-order valence-electron chi connectivity index (χ2n) is 6.45. The van der Waals surface area contributed by atoms with Crippen molar-refractivity contribution in [2.75, 3.05) is 58.9 Å². The first-order chi connectivity index (χ1) is 11.3. The molecule has 1 saturated heterocycles. The van der Waals surface area contributed by atoms with E-state index in [4.69, 9.17) is 0 Å². The molecule has 1 unspecified atom stereocenters. The van der Waals surface area contributed by atoms with Crippen molar-refractivity contribution >= 4 is 6.41 Å². The molecule has 23 heavy (non-hydrogen) atoms. The largest absolute Gasteiger partial charge is 0.392 e. The standard InChI is InChI=1S/C17H36N4O2/c1-2-3-4-5-6-17(23)15-20-11-7-18-9-13-21(16-22)14-10-19-8-12-20/h16-19,23H,2-15H2,1H3. The summed E-state index contributed by atoms with van der Waals surface area (Å²) >= 11 is 0. The summed E-state index contributed by atoms with van der Waals surface area (Å²) in [5.41, 5.74) is 0. The predicted octanol–water partition coefficient (Wildman–Crippen LogP) is 0.271. The summed E-state index contributed by atoms with van der Waals surface area (Å²) in [4.78, 5) is 15.1. The van der Waals surface area contributed by atoms with Gasteiger partial charge in [-0.15, -0.1) is 0 Å². The summed E-state index contributed by atoms with van der Waals surface area (Å²) in [6, 6.07) is 0. The number of carbonyl (C=O) groups is 1. The first kappa shape index (κ1) is 20.4. The van der Waals surface area contributed by atoms with Gasteiger partial charge in [0.2, 0.25) is 6.41 Å². The van der Waals surface area contributed by atoms with Crippen molar-refractivity contribution < 1.29 is 9.90 Å². The molecular weight excluding hydrogens is 292 g/mol. The summed E-state index contributed by atoms with van der Waals surface area (Å²) in [7, 11) is 0. The lowest BCUT2D eigenvalue weighted by atomic mass is 10.1. The lowest BCUT2D eigenvalue weighted by Gasteiger charge is -2.27. The van der Waals surface area contributed by atoms with Crippen molar-refractivity contribution in [3.8, 4) is 0 Å². The van der Waals surface area contributed by atoms with Crippen molar-refractivity contribution in [1.29, 1.82) is 0 Å². The van der Waals surface area contributed by atoms with Crippen LogP contribution < -0.4 is 10.6 Å². The lowest BCUT2D eigenvalue weighted by Crippen LogP contribution is -2.44. The fourth-order valence-corrected chi connectivity index (χ4v) is 2.88. The van der Waals surface area contributed by atoms with E-state index in [9.17, 15) is 9.90 Å². The number of carbonyl (C=O) groups excluding carboxylic acids is 1. The summed E-state index contributed by atoms with van der Waals surface area (Å²) in [6.45, 7) is 9.81. The second-order valence-corrected chi connectivity index (χ2v) is 6.45. The van der Waals surface area contributed by atoms with Crippen LogP contribution in [0.15, 0.2) is 0 Å². The molecule has 0 radical (unpaired) electrons. The normalized spacial score (nSPS) is 20.5. The number of aliphatic hydroxyl groups excluding tert-OH is 1. The Morgan fingerprint density at radius 3 is 2.17 bits per heavy atom. The number of aliphatic hydroxyl groups is 1. The van der Waals surface area contributed by atoms with E-state index in [0.29, 0.717) is 0 Å². The third-order valence-corrected chi connectivity index (χ3v) is 4.37. The first-order valence-corrected chi connectivity index (χ1v) is 9.27. The monoisotopic (exact) mass is 328 g/mol. The highest BCUT2D eigenvalue weighted by Crippen LogP contribution is 2.06. The number of hydrogen-bond donors (Lipinski definition) is 3. The fourth-order valence-electron chi connectivity index (χ4n) is 2.88.